The lowest BCUT2D eigenvalue weighted by molar-refractivity contribution is -0.384. The van der Waals surface area contributed by atoms with Gasteiger partial charge in [-0.05, 0) is 19.1 Å². The van der Waals surface area contributed by atoms with Crippen molar-refractivity contribution in [3.8, 4) is 0 Å². The zero-order valence-electron chi connectivity index (χ0n) is 13.3. The minimum Gasteiger partial charge on any atom is -0.324 e. The Morgan fingerprint density at radius 2 is 1.92 bits per heavy atom. The molecule has 0 aliphatic carbocycles. The molecule has 1 N–H and O–H groups in total. The Morgan fingerprint density at radius 3 is 2.64 bits per heavy atom. The van der Waals surface area contributed by atoms with E-state index in [-0.39, 0.29) is 23.5 Å². The van der Waals surface area contributed by atoms with Gasteiger partial charge in [0.2, 0.25) is 5.91 Å². The maximum Gasteiger partial charge on any atom is 0.275 e. The van der Waals surface area contributed by atoms with Crippen molar-refractivity contribution in [2.45, 2.75) is 13.5 Å². The number of fused-ring (bicyclic) bond motifs is 1. The van der Waals surface area contributed by atoms with E-state index in [1.807, 2.05) is 6.07 Å². The molecule has 0 unspecified atom stereocenters. The zero-order chi connectivity index (χ0) is 18.0. The molecule has 126 valence electrons. The Hall–Kier alpha value is -3.55. The summed E-state index contributed by atoms with van der Waals surface area (Å²) < 4.78 is 1.09. The van der Waals surface area contributed by atoms with Crippen LogP contribution in [0.5, 0.6) is 0 Å². The zero-order valence-corrected chi connectivity index (χ0v) is 13.3. The first-order valence-electron chi connectivity index (χ1n) is 7.46. The molecular weight excluding hydrogens is 324 g/mol. The summed E-state index contributed by atoms with van der Waals surface area (Å²) in [5.41, 5.74) is 0.424. The van der Waals surface area contributed by atoms with Gasteiger partial charge in [-0.2, -0.15) is 5.10 Å². The van der Waals surface area contributed by atoms with Crippen molar-refractivity contribution >= 4 is 28.1 Å². The number of aryl methyl sites for hydroxylation is 1. The molecular formula is C17H14N4O4. The summed E-state index contributed by atoms with van der Waals surface area (Å²) in [6.45, 7) is 1.48. The Labute approximate surface area is 141 Å². The van der Waals surface area contributed by atoms with Crippen molar-refractivity contribution in [3.63, 3.8) is 0 Å². The maximum atomic E-state index is 12.4. The van der Waals surface area contributed by atoms with Gasteiger partial charge in [-0.25, -0.2) is 4.68 Å². The Balaban J connectivity index is 1.85. The van der Waals surface area contributed by atoms with Crippen LogP contribution in [0.2, 0.25) is 0 Å². The van der Waals surface area contributed by atoms with Crippen LogP contribution in [-0.2, 0) is 11.3 Å². The standard InChI is InChI=1S/C17H14N4O4/c1-11-14-7-2-3-8-15(14)17(23)20(19-11)10-16(22)18-12-5-4-6-13(9-12)21(24)25/h2-9H,10H2,1H3,(H,18,22). The van der Waals surface area contributed by atoms with Crippen molar-refractivity contribution in [2.24, 2.45) is 0 Å². The van der Waals surface area contributed by atoms with E-state index in [4.69, 9.17) is 0 Å². The first-order chi connectivity index (χ1) is 12.0. The topological polar surface area (TPSA) is 107 Å². The highest BCUT2D eigenvalue weighted by Gasteiger charge is 2.12. The van der Waals surface area contributed by atoms with E-state index >= 15 is 0 Å². The number of rotatable bonds is 4. The number of nitro groups is 1. The number of nitrogens with one attached hydrogen (secondary N) is 1. The molecule has 0 bridgehead atoms. The van der Waals surface area contributed by atoms with Gasteiger partial charge in [-0.15, -0.1) is 0 Å². The van der Waals surface area contributed by atoms with E-state index in [9.17, 15) is 19.7 Å². The Bertz CT molecular complexity index is 1040. The first kappa shape index (κ1) is 16.3. The van der Waals surface area contributed by atoms with Gasteiger partial charge in [-0.3, -0.25) is 19.7 Å². The van der Waals surface area contributed by atoms with Crippen LogP contribution in [0.15, 0.2) is 53.3 Å². The van der Waals surface area contributed by atoms with Crippen LogP contribution in [0.25, 0.3) is 10.8 Å². The number of carbonyl (C=O) groups is 1. The van der Waals surface area contributed by atoms with Gasteiger partial charge in [0.25, 0.3) is 11.2 Å². The number of amides is 1. The molecule has 8 nitrogen and oxygen atoms in total. The monoisotopic (exact) mass is 338 g/mol. The van der Waals surface area contributed by atoms with E-state index in [1.165, 1.54) is 24.3 Å². The second kappa shape index (κ2) is 6.52. The molecule has 0 radical (unpaired) electrons. The van der Waals surface area contributed by atoms with E-state index < -0.39 is 10.8 Å². The molecule has 0 saturated carbocycles. The summed E-state index contributed by atoms with van der Waals surface area (Å²) >= 11 is 0. The van der Waals surface area contributed by atoms with E-state index in [0.717, 1.165) is 10.1 Å². The lowest BCUT2D eigenvalue weighted by Crippen LogP contribution is -2.30. The van der Waals surface area contributed by atoms with Gasteiger partial charge in [0.1, 0.15) is 6.54 Å². The van der Waals surface area contributed by atoms with Crippen molar-refractivity contribution in [1.82, 2.24) is 9.78 Å². The van der Waals surface area contributed by atoms with Gasteiger partial charge in [0.15, 0.2) is 0 Å². The molecule has 1 amide bonds. The van der Waals surface area contributed by atoms with Crippen molar-refractivity contribution in [1.29, 1.82) is 0 Å². The largest absolute Gasteiger partial charge is 0.324 e. The van der Waals surface area contributed by atoms with Crippen LogP contribution in [0, 0.1) is 17.0 Å². The van der Waals surface area contributed by atoms with Gasteiger partial charge in [0, 0.05) is 23.2 Å². The van der Waals surface area contributed by atoms with Crippen LogP contribution in [0.3, 0.4) is 0 Å². The number of hydrogen-bond donors (Lipinski definition) is 1. The van der Waals surface area contributed by atoms with Crippen LogP contribution in [-0.4, -0.2) is 20.6 Å². The van der Waals surface area contributed by atoms with Crippen LogP contribution < -0.4 is 10.9 Å². The molecule has 8 heteroatoms. The molecule has 0 atom stereocenters. The van der Waals surface area contributed by atoms with Gasteiger partial charge < -0.3 is 5.32 Å². The lowest BCUT2D eigenvalue weighted by Gasteiger charge is -2.09. The molecule has 0 aliphatic heterocycles. The molecule has 0 fully saturated rings. The third-order valence-electron chi connectivity index (χ3n) is 3.69. The minimum absolute atomic E-state index is 0.130. The SMILES string of the molecule is Cc1nn(CC(=O)Nc2cccc([N+](=O)[O-])c2)c(=O)c2ccccc12. The van der Waals surface area contributed by atoms with Crippen molar-refractivity contribution in [2.75, 3.05) is 5.32 Å². The van der Waals surface area contributed by atoms with Crippen LogP contribution >= 0.6 is 0 Å². The van der Waals surface area contributed by atoms with Gasteiger partial charge >= 0.3 is 0 Å². The second-order valence-corrected chi connectivity index (χ2v) is 5.45. The molecule has 25 heavy (non-hydrogen) atoms. The highest BCUT2D eigenvalue weighted by atomic mass is 16.6. The van der Waals surface area contributed by atoms with Crippen LogP contribution in [0.1, 0.15) is 5.69 Å². The summed E-state index contributed by atoms with van der Waals surface area (Å²) in [5.74, 6) is -0.496. The molecule has 1 heterocycles. The number of anilines is 1. The van der Waals surface area contributed by atoms with E-state index in [1.54, 1.807) is 25.1 Å². The van der Waals surface area contributed by atoms with Gasteiger partial charge in [0.05, 0.1) is 16.0 Å². The highest BCUT2D eigenvalue weighted by molar-refractivity contribution is 5.91. The number of benzene rings is 2. The highest BCUT2D eigenvalue weighted by Crippen LogP contribution is 2.17. The predicted octanol–water partition coefficient (Wildman–Crippen LogP) is 2.25. The average Bonchev–Trinajstić information content (AvgIpc) is 2.59. The van der Waals surface area contributed by atoms with E-state index in [0.29, 0.717) is 11.1 Å². The molecule has 2 aromatic carbocycles. The van der Waals surface area contributed by atoms with Gasteiger partial charge in [-0.1, -0.05) is 24.3 Å². The Morgan fingerprint density at radius 1 is 1.20 bits per heavy atom. The number of non-ortho nitro benzene ring substituents is 1. The van der Waals surface area contributed by atoms with Crippen LogP contribution in [0.4, 0.5) is 11.4 Å². The third kappa shape index (κ3) is 3.37. The molecule has 3 aromatic rings. The number of aromatic nitrogens is 2. The quantitative estimate of drug-likeness (QED) is 0.580. The van der Waals surface area contributed by atoms with Crippen molar-refractivity contribution in [3.05, 3.63) is 74.7 Å². The summed E-state index contributed by atoms with van der Waals surface area (Å²) in [4.78, 5) is 34.9. The average molecular weight is 338 g/mol. The fourth-order valence-corrected chi connectivity index (χ4v) is 2.55. The normalized spacial score (nSPS) is 10.6. The van der Waals surface area contributed by atoms with E-state index in [2.05, 4.69) is 10.4 Å². The first-order valence-corrected chi connectivity index (χ1v) is 7.46. The summed E-state index contributed by atoms with van der Waals surface area (Å²) in [5, 5.41) is 18.7. The number of hydrogen-bond acceptors (Lipinski definition) is 5. The predicted molar refractivity (Wildman–Crippen MR) is 92.5 cm³/mol. The summed E-state index contributed by atoms with van der Waals surface area (Å²) in [7, 11) is 0. The number of nitro benzene ring substituents is 1. The molecule has 1 aromatic heterocycles. The fourth-order valence-electron chi connectivity index (χ4n) is 2.55. The molecule has 0 aliphatic rings. The summed E-state index contributed by atoms with van der Waals surface area (Å²) in [6.07, 6.45) is 0. The molecule has 3 rings (SSSR count). The summed E-state index contributed by atoms with van der Waals surface area (Å²) in [6, 6.07) is 12.6. The number of nitrogens with zero attached hydrogens (tertiary/aromatic N) is 3. The molecule has 0 spiro atoms. The fraction of sp³-hybridized carbons (Fsp3) is 0.118. The smallest absolute Gasteiger partial charge is 0.275 e. The third-order valence-corrected chi connectivity index (χ3v) is 3.69. The molecule has 0 saturated heterocycles. The second-order valence-electron chi connectivity index (χ2n) is 5.45. The lowest BCUT2D eigenvalue weighted by atomic mass is 10.1. The Kier molecular flexibility index (Phi) is 4.25. The number of carbonyl (C=O) groups excluding carboxylic acids is 1. The minimum atomic E-state index is -0.547. The maximum absolute atomic E-state index is 12.4. The van der Waals surface area contributed by atoms with Crippen molar-refractivity contribution < 1.29 is 9.72 Å².